The van der Waals surface area contributed by atoms with Crippen LogP contribution in [-0.4, -0.2) is 156 Å². The first-order valence-corrected chi connectivity index (χ1v) is 52.9. The molecule has 5 aromatic heterocycles. The van der Waals surface area contributed by atoms with Gasteiger partial charge in [-0.25, -0.2) is 24.9 Å². The highest BCUT2D eigenvalue weighted by atomic mass is 35.5. The molecule has 1 atom stereocenters. The molecular formula is C110H113Cl5N10O15S5. The van der Waals surface area contributed by atoms with E-state index in [9.17, 15) is 47.9 Å². The summed E-state index contributed by atoms with van der Waals surface area (Å²) in [5, 5.41) is 60.8. The van der Waals surface area contributed by atoms with Gasteiger partial charge in [-0.15, -0.1) is 0 Å². The Morgan fingerprint density at radius 3 is 0.966 bits per heavy atom. The number of carbonyl (C=O) groups is 10. The standard InChI is InChI=1S/C23H23ClN2O3S.C23H25ClN2O3S.C22H23ClN2O3S.2C21H21ClN2O3S/c1-23(2,19(27)11-12-21(28)29)30-22-25-13-20(24)26(22)18-10-9-15(14-7-8-14)16-5-3-4-6-17(16)18;1-14(2)15-9-10-18(17-8-6-5-7-16(15)17)26-20(24)13-25-22(26)30-23(3,4)19(27)11-12-21(28)29;1-4-14-9-10-17(16-8-6-5-7-15(14)16)25-19(23)13-24-21(25)29-22(2,3)18(26)11-12-20(27)28;1-13(19(26)27)11-17(25)21(2,3)28-20-23-12-18(22)24(20)16-10-6-8-14-7-4-5-9-15(14)16;1-13-8-9-16(15-7-5-4-6-14(13)15)24-18(22)12-23-20(24)28-21(2,3)17(25)10-11-19(26)27/h3-6,9-10,13-14H,7-8,11-12H2,1-2H3,(H,28,29);5-10,13-14H,11-12H2,1-4H3,(H,28,29);5-10,13H,4,11-12H2,1-3H3,(H,27,28);4-10,12-13H,11H2,1-3H3,(H,26,27);4-9,12H,10-11H2,1-3H3,(H,26,27). The second-order valence-electron chi connectivity index (χ2n) is 37.6. The Balaban J connectivity index is 0.000000161. The van der Waals surface area contributed by atoms with Crippen LogP contribution in [0.1, 0.15) is 202 Å². The quantitative estimate of drug-likeness (QED) is 0.0224. The lowest BCUT2D eigenvalue weighted by atomic mass is 9.95. The highest BCUT2D eigenvalue weighted by molar-refractivity contribution is 8.02. The Bertz CT molecular complexity index is 7250. The normalized spacial score (nSPS) is 12.5. The summed E-state index contributed by atoms with van der Waals surface area (Å²) in [7, 11) is 0. The van der Waals surface area contributed by atoms with Gasteiger partial charge in [-0.1, -0.05) is 302 Å². The van der Waals surface area contributed by atoms with E-state index < -0.39 is 59.5 Å². The van der Waals surface area contributed by atoms with Gasteiger partial charge in [0, 0.05) is 59.0 Å². The molecule has 0 radical (unpaired) electrons. The number of carboxylic acid groups (broad SMARTS) is 5. The van der Waals surface area contributed by atoms with Crippen molar-refractivity contribution >= 4 is 229 Å². The maximum atomic E-state index is 12.7. The van der Waals surface area contributed by atoms with E-state index in [0.29, 0.717) is 63.4 Å². The van der Waals surface area contributed by atoms with Crippen molar-refractivity contribution in [3.63, 3.8) is 0 Å². The van der Waals surface area contributed by atoms with Crippen molar-refractivity contribution in [1.82, 2.24) is 47.8 Å². The minimum absolute atomic E-state index is 0.0111. The van der Waals surface area contributed by atoms with Crippen LogP contribution in [0.15, 0.2) is 245 Å². The number of benzene rings is 10. The average Bonchev–Trinajstić information content (AvgIpc) is 1.32. The average molecular weight is 2150 g/mol. The van der Waals surface area contributed by atoms with Gasteiger partial charge in [0.25, 0.3) is 0 Å². The zero-order chi connectivity index (χ0) is 106. The van der Waals surface area contributed by atoms with Crippen molar-refractivity contribution < 1.29 is 73.5 Å². The van der Waals surface area contributed by atoms with Crippen LogP contribution in [0.25, 0.3) is 82.3 Å². The Kier molecular flexibility index (Phi) is 37.5. The maximum absolute atomic E-state index is 12.7. The SMILES string of the molecule is CC(C)(Sc1ncc(Cl)n1-c1ccc(C2CC2)c2ccccc12)C(=O)CCC(=O)O.CC(C)c1ccc(-n2c(Cl)cnc2SC(C)(C)C(=O)CCC(=O)O)c2ccccc12.CC(CC(=O)C(C)(C)Sc1ncc(Cl)n1-c1cccc2ccccc12)C(=O)O.CCc1ccc(-n2c(Cl)cnc2SC(C)(C)C(=O)CCC(=O)O)c2ccccc12.Cc1ccc(-n2c(Cl)cnc2SC(C)(C)C(=O)CCC(=O)O)c2ccccc12. The fourth-order valence-electron chi connectivity index (χ4n) is 16.3. The third kappa shape index (κ3) is 27.5. The molecule has 15 aromatic rings. The molecule has 145 heavy (non-hydrogen) atoms. The molecule has 1 aliphatic rings. The number of aromatic nitrogens is 10. The number of rotatable bonds is 38. The molecule has 5 N–H and O–H groups in total. The number of imidazole rings is 5. The first-order valence-electron chi connectivity index (χ1n) is 46.9. The van der Waals surface area contributed by atoms with Crippen LogP contribution >= 0.6 is 117 Å². The van der Waals surface area contributed by atoms with E-state index in [1.54, 1.807) is 100 Å². The maximum Gasteiger partial charge on any atom is 0.306 e. The van der Waals surface area contributed by atoms with Gasteiger partial charge in [-0.3, -0.25) is 70.8 Å². The van der Waals surface area contributed by atoms with Crippen LogP contribution in [0.5, 0.6) is 0 Å². The molecule has 1 aliphatic carbocycles. The van der Waals surface area contributed by atoms with Crippen molar-refractivity contribution in [2.75, 3.05) is 0 Å². The number of ketones is 5. The fourth-order valence-corrected chi connectivity index (χ4v) is 22.9. The summed E-state index contributed by atoms with van der Waals surface area (Å²) in [6, 6.07) is 63.1. The molecule has 1 saturated carbocycles. The third-order valence-electron chi connectivity index (χ3n) is 24.7. The number of carbonyl (C=O) groups excluding carboxylic acids is 5. The first-order chi connectivity index (χ1) is 68.5. The van der Waals surface area contributed by atoms with E-state index in [2.05, 4.69) is 119 Å². The second kappa shape index (κ2) is 48.4. The van der Waals surface area contributed by atoms with Crippen molar-refractivity contribution in [3.05, 3.63) is 267 Å². The number of aliphatic carboxylic acids is 5. The fraction of sp³-hybridized carbons (Fsp3) is 0.318. The molecule has 0 aliphatic heterocycles. The minimum Gasteiger partial charge on any atom is -0.481 e. The number of Topliss-reactive ketones (excluding diaryl/α,β-unsaturated/α-hetero) is 5. The van der Waals surface area contributed by atoms with Gasteiger partial charge < -0.3 is 25.5 Å². The van der Waals surface area contributed by atoms with Crippen molar-refractivity contribution in [1.29, 1.82) is 0 Å². The smallest absolute Gasteiger partial charge is 0.306 e. The number of aryl methyl sites for hydroxylation is 2. The molecule has 1 unspecified atom stereocenters. The van der Waals surface area contributed by atoms with Crippen LogP contribution in [0, 0.1) is 12.8 Å². The number of thioether (sulfide) groups is 5. The van der Waals surface area contributed by atoms with Gasteiger partial charge in [-0.05, 0) is 187 Å². The summed E-state index contributed by atoms with van der Waals surface area (Å²) >= 11 is 38.9. The summed E-state index contributed by atoms with van der Waals surface area (Å²) in [5.74, 6) is -5.31. The molecule has 0 saturated heterocycles. The largest absolute Gasteiger partial charge is 0.481 e. The van der Waals surface area contributed by atoms with E-state index in [1.807, 2.05) is 144 Å². The molecule has 16 rings (SSSR count). The third-order valence-corrected chi connectivity index (χ3v) is 32.0. The van der Waals surface area contributed by atoms with E-state index in [1.165, 1.54) is 101 Å². The van der Waals surface area contributed by atoms with Gasteiger partial charge in [0.15, 0.2) is 25.8 Å². The van der Waals surface area contributed by atoms with Crippen LogP contribution < -0.4 is 0 Å². The number of hydrogen-bond acceptors (Lipinski definition) is 20. The lowest BCUT2D eigenvalue weighted by Crippen LogP contribution is -2.31. The number of carboxylic acids is 5. The number of halogens is 5. The highest BCUT2D eigenvalue weighted by Crippen LogP contribution is 2.49. The van der Waals surface area contributed by atoms with E-state index in [0.717, 1.165) is 88.9 Å². The minimum atomic E-state index is -0.982. The monoisotopic (exact) mass is 2150 g/mol. The van der Waals surface area contributed by atoms with E-state index in [4.69, 9.17) is 83.5 Å². The van der Waals surface area contributed by atoms with Crippen molar-refractivity contribution in [2.24, 2.45) is 5.92 Å². The van der Waals surface area contributed by atoms with E-state index >= 15 is 0 Å². The predicted octanol–water partition coefficient (Wildman–Crippen LogP) is 28.0. The van der Waals surface area contributed by atoms with Crippen molar-refractivity contribution in [3.8, 4) is 28.4 Å². The van der Waals surface area contributed by atoms with Gasteiger partial charge in [0.2, 0.25) is 0 Å². The molecule has 5 heterocycles. The molecule has 758 valence electrons. The Labute approximate surface area is 887 Å². The van der Waals surface area contributed by atoms with Gasteiger partial charge in [0.1, 0.15) is 54.7 Å². The molecule has 1 fully saturated rings. The molecule has 0 bridgehead atoms. The summed E-state index contributed by atoms with van der Waals surface area (Å²) in [6.07, 6.45) is 10.4. The Hall–Kier alpha value is -11.6. The summed E-state index contributed by atoms with van der Waals surface area (Å²) < 4.78 is 5.05. The summed E-state index contributed by atoms with van der Waals surface area (Å²) in [4.78, 5) is 140. The summed E-state index contributed by atoms with van der Waals surface area (Å²) in [5.41, 5.74) is 9.52. The Morgan fingerprint density at radius 1 is 0.331 bits per heavy atom. The van der Waals surface area contributed by atoms with Gasteiger partial charge in [-0.2, -0.15) is 0 Å². The number of nitrogens with zero attached hydrogens (tertiary/aromatic N) is 10. The van der Waals surface area contributed by atoms with Gasteiger partial charge >= 0.3 is 29.8 Å². The predicted molar refractivity (Wildman–Crippen MR) is 584 cm³/mol. The van der Waals surface area contributed by atoms with Crippen molar-refractivity contribution in [2.45, 2.75) is 242 Å². The first kappa shape index (κ1) is 112. The van der Waals surface area contributed by atoms with Gasteiger partial charge in [0.05, 0.1) is 115 Å². The van der Waals surface area contributed by atoms with Crippen LogP contribution in [0.3, 0.4) is 0 Å². The molecule has 35 heteroatoms. The zero-order valence-corrected chi connectivity index (χ0v) is 90.6. The van der Waals surface area contributed by atoms with Crippen LogP contribution in [-0.2, 0) is 54.4 Å². The molecule has 25 nitrogen and oxygen atoms in total. The molecule has 10 aromatic carbocycles. The van der Waals surface area contributed by atoms with Crippen LogP contribution in [0.4, 0.5) is 0 Å². The number of hydrogen-bond donors (Lipinski definition) is 5. The molecule has 0 spiro atoms. The molecule has 0 amide bonds. The zero-order valence-electron chi connectivity index (χ0n) is 82.7. The van der Waals surface area contributed by atoms with Crippen LogP contribution in [0.2, 0.25) is 25.8 Å². The Morgan fingerprint density at radius 2 is 0.614 bits per heavy atom. The lowest BCUT2D eigenvalue weighted by Gasteiger charge is -2.23. The van der Waals surface area contributed by atoms with E-state index in [-0.39, 0.29) is 86.7 Å². The number of fused-ring (bicyclic) bond motifs is 5. The topological polar surface area (TPSA) is 361 Å². The highest BCUT2D eigenvalue weighted by Gasteiger charge is 2.39. The second-order valence-corrected chi connectivity index (χ2v) is 47.5. The summed E-state index contributed by atoms with van der Waals surface area (Å²) in [6.45, 7) is 27.9. The molecular weight excluding hydrogens is 2040 g/mol. The lowest BCUT2D eigenvalue weighted by molar-refractivity contribution is -0.143.